The van der Waals surface area contributed by atoms with E-state index in [-0.39, 0.29) is 5.56 Å². The maximum absolute atomic E-state index is 12.5. The third kappa shape index (κ3) is 2.74. The first-order chi connectivity index (χ1) is 10.9. The van der Waals surface area contributed by atoms with Crippen LogP contribution in [-0.4, -0.2) is 43.4 Å². The van der Waals surface area contributed by atoms with Crippen molar-refractivity contribution >= 4 is 39.9 Å². The van der Waals surface area contributed by atoms with Crippen molar-refractivity contribution in [3.8, 4) is 0 Å². The highest BCUT2D eigenvalue weighted by Crippen LogP contribution is 2.27. The van der Waals surface area contributed by atoms with Gasteiger partial charge in [-0.1, -0.05) is 0 Å². The average Bonchev–Trinajstić information content (AvgIpc) is 2.90. The number of amides is 1. The monoisotopic (exact) mass is 353 g/mol. The number of thioether (sulfide) groups is 1. The van der Waals surface area contributed by atoms with Gasteiger partial charge in [0, 0.05) is 17.3 Å². The number of hydrogen-bond donors (Lipinski definition) is 2. The first-order valence-corrected chi connectivity index (χ1v) is 9.07. The molecule has 3 rings (SSSR count). The average molecular weight is 353 g/mol. The maximum atomic E-state index is 12.5. The van der Waals surface area contributed by atoms with Crippen LogP contribution in [0.2, 0.25) is 0 Å². The lowest BCUT2D eigenvalue weighted by molar-refractivity contribution is -0.144. The highest BCUT2D eigenvalue weighted by atomic mass is 32.2. The van der Waals surface area contributed by atoms with Crippen LogP contribution in [0.4, 0.5) is 0 Å². The molecule has 0 bridgehead atoms. The highest BCUT2D eigenvalue weighted by molar-refractivity contribution is 7.99. The summed E-state index contributed by atoms with van der Waals surface area (Å²) >= 11 is 2.97. The number of carbonyl (C=O) groups excluding carboxylic acids is 1. The Kier molecular flexibility index (Phi) is 4.15. The summed E-state index contributed by atoms with van der Waals surface area (Å²) in [5.41, 5.74) is -1.23. The largest absolute Gasteiger partial charge is 0.480 e. The molecule has 0 saturated carbocycles. The van der Waals surface area contributed by atoms with Crippen LogP contribution in [0.3, 0.4) is 0 Å². The smallest absolute Gasteiger partial charge is 0.329 e. The summed E-state index contributed by atoms with van der Waals surface area (Å²) in [7, 11) is 0. The van der Waals surface area contributed by atoms with Crippen molar-refractivity contribution in [2.24, 2.45) is 0 Å². The van der Waals surface area contributed by atoms with Gasteiger partial charge in [-0.3, -0.25) is 14.0 Å². The molecule has 1 saturated heterocycles. The molecular weight excluding hydrogens is 338 g/mol. The van der Waals surface area contributed by atoms with Crippen molar-refractivity contribution < 1.29 is 14.7 Å². The van der Waals surface area contributed by atoms with E-state index in [4.69, 9.17) is 0 Å². The summed E-state index contributed by atoms with van der Waals surface area (Å²) in [6.07, 6.45) is 1.90. The Labute approximate surface area is 139 Å². The number of aromatic nitrogens is 2. The molecule has 2 aromatic heterocycles. The minimum absolute atomic E-state index is 0.136. The standard InChI is InChI=1S/C14H15N3O4S2/c1-8-7-23-13-15-6-9(11(19)17(8)13)10(18)16-14(12(20)21)2-4-22-5-3-14/h6-7H,2-5H2,1H3,(H,16,18)(H,20,21). The van der Waals surface area contributed by atoms with Crippen LogP contribution in [0.1, 0.15) is 28.9 Å². The van der Waals surface area contributed by atoms with Crippen molar-refractivity contribution in [3.05, 3.63) is 33.2 Å². The van der Waals surface area contributed by atoms with Crippen LogP contribution in [-0.2, 0) is 4.79 Å². The first kappa shape index (κ1) is 16.0. The molecule has 2 N–H and O–H groups in total. The molecule has 122 valence electrons. The molecule has 1 amide bonds. The molecule has 1 aliphatic heterocycles. The van der Waals surface area contributed by atoms with E-state index < -0.39 is 23.0 Å². The normalized spacial score (nSPS) is 17.1. The van der Waals surface area contributed by atoms with Gasteiger partial charge in [0.25, 0.3) is 11.5 Å². The van der Waals surface area contributed by atoms with Gasteiger partial charge in [-0.05, 0) is 31.3 Å². The van der Waals surface area contributed by atoms with Crippen LogP contribution < -0.4 is 10.9 Å². The molecule has 0 aliphatic carbocycles. The summed E-state index contributed by atoms with van der Waals surface area (Å²) in [4.78, 5) is 41.2. The Hall–Kier alpha value is -1.87. The molecule has 0 aromatic carbocycles. The zero-order chi connectivity index (χ0) is 16.6. The zero-order valence-electron chi connectivity index (χ0n) is 12.4. The molecule has 7 nitrogen and oxygen atoms in total. The summed E-state index contributed by atoms with van der Waals surface area (Å²) in [5.74, 6) is -0.428. The van der Waals surface area contributed by atoms with E-state index in [1.807, 2.05) is 0 Å². The molecule has 0 unspecified atom stereocenters. The van der Waals surface area contributed by atoms with Gasteiger partial charge in [0.1, 0.15) is 11.1 Å². The van der Waals surface area contributed by atoms with Crippen LogP contribution in [0.25, 0.3) is 4.96 Å². The van der Waals surface area contributed by atoms with Gasteiger partial charge in [-0.15, -0.1) is 11.3 Å². The SMILES string of the molecule is Cc1csc2ncc(C(=O)NC3(C(=O)O)CCSCC3)c(=O)n12. The molecule has 1 fully saturated rings. The Morgan fingerprint density at radius 2 is 2.09 bits per heavy atom. The Balaban J connectivity index is 1.97. The van der Waals surface area contributed by atoms with E-state index in [0.717, 1.165) is 0 Å². The fourth-order valence-corrected chi connectivity index (χ4v) is 4.59. The number of aliphatic carboxylic acids is 1. The lowest BCUT2D eigenvalue weighted by Gasteiger charge is -2.33. The molecular formula is C14H15N3O4S2. The van der Waals surface area contributed by atoms with Gasteiger partial charge in [0.2, 0.25) is 0 Å². The van der Waals surface area contributed by atoms with Crippen molar-refractivity contribution in [1.29, 1.82) is 0 Å². The van der Waals surface area contributed by atoms with Crippen molar-refractivity contribution in [1.82, 2.24) is 14.7 Å². The molecule has 2 aromatic rings. The molecule has 23 heavy (non-hydrogen) atoms. The number of carboxylic acids is 1. The number of rotatable bonds is 3. The Morgan fingerprint density at radius 3 is 2.74 bits per heavy atom. The topological polar surface area (TPSA) is 101 Å². The number of carbonyl (C=O) groups is 2. The van der Waals surface area contributed by atoms with E-state index in [1.54, 1.807) is 24.1 Å². The van der Waals surface area contributed by atoms with Gasteiger partial charge >= 0.3 is 5.97 Å². The lowest BCUT2D eigenvalue weighted by Crippen LogP contribution is -2.57. The fourth-order valence-electron chi connectivity index (χ4n) is 2.58. The van der Waals surface area contributed by atoms with Gasteiger partial charge in [0.05, 0.1) is 0 Å². The second kappa shape index (κ2) is 5.97. The van der Waals surface area contributed by atoms with Crippen LogP contribution in [0, 0.1) is 6.92 Å². The van der Waals surface area contributed by atoms with Crippen molar-refractivity contribution in [2.75, 3.05) is 11.5 Å². The van der Waals surface area contributed by atoms with Gasteiger partial charge in [-0.25, -0.2) is 9.78 Å². The quantitative estimate of drug-likeness (QED) is 0.858. The van der Waals surface area contributed by atoms with Crippen molar-refractivity contribution in [3.63, 3.8) is 0 Å². The minimum atomic E-state index is -1.31. The van der Waals surface area contributed by atoms with E-state index in [9.17, 15) is 19.5 Å². The molecule has 0 atom stereocenters. The summed E-state index contributed by atoms with van der Waals surface area (Å²) in [5, 5.41) is 13.9. The third-order valence-corrected chi connectivity index (χ3v) is 5.91. The second-order valence-electron chi connectivity index (χ2n) is 5.43. The first-order valence-electron chi connectivity index (χ1n) is 7.04. The summed E-state index contributed by atoms with van der Waals surface area (Å²) in [6.45, 7) is 1.76. The molecule has 3 heterocycles. The van der Waals surface area contributed by atoms with E-state index in [2.05, 4.69) is 10.3 Å². The molecule has 0 spiro atoms. The zero-order valence-corrected chi connectivity index (χ0v) is 14.0. The number of nitrogens with zero attached hydrogens (tertiary/aromatic N) is 2. The van der Waals surface area contributed by atoms with Gasteiger partial charge in [-0.2, -0.15) is 11.8 Å². The van der Waals surface area contributed by atoms with E-state index in [0.29, 0.717) is 35.0 Å². The number of aryl methyl sites for hydroxylation is 1. The second-order valence-corrected chi connectivity index (χ2v) is 7.49. The predicted octanol–water partition coefficient (Wildman–Crippen LogP) is 1.14. The molecule has 9 heteroatoms. The van der Waals surface area contributed by atoms with Crippen molar-refractivity contribution in [2.45, 2.75) is 25.3 Å². The number of carboxylic acid groups (broad SMARTS) is 1. The summed E-state index contributed by atoms with van der Waals surface area (Å²) < 4.78 is 1.36. The number of thiazole rings is 1. The number of fused-ring (bicyclic) bond motifs is 1. The fraction of sp³-hybridized carbons (Fsp3) is 0.429. The van der Waals surface area contributed by atoms with Crippen LogP contribution >= 0.6 is 23.1 Å². The number of nitrogens with one attached hydrogen (secondary N) is 1. The summed E-state index contributed by atoms with van der Waals surface area (Å²) in [6, 6.07) is 0. The van der Waals surface area contributed by atoms with E-state index in [1.165, 1.54) is 21.9 Å². The number of hydrogen-bond acceptors (Lipinski definition) is 6. The Morgan fingerprint density at radius 1 is 1.39 bits per heavy atom. The predicted molar refractivity (Wildman–Crippen MR) is 88.5 cm³/mol. The lowest BCUT2D eigenvalue weighted by atomic mass is 9.92. The van der Waals surface area contributed by atoms with Gasteiger partial charge in [0.15, 0.2) is 4.96 Å². The molecule has 1 aliphatic rings. The van der Waals surface area contributed by atoms with E-state index >= 15 is 0 Å². The Bertz CT molecular complexity index is 836. The molecule has 0 radical (unpaired) electrons. The van der Waals surface area contributed by atoms with Gasteiger partial charge < -0.3 is 10.4 Å². The maximum Gasteiger partial charge on any atom is 0.329 e. The highest BCUT2D eigenvalue weighted by Gasteiger charge is 2.41. The van der Waals surface area contributed by atoms with Crippen LogP contribution in [0.5, 0.6) is 0 Å². The minimum Gasteiger partial charge on any atom is -0.480 e. The third-order valence-electron chi connectivity index (χ3n) is 3.97. The van der Waals surface area contributed by atoms with Crippen LogP contribution in [0.15, 0.2) is 16.4 Å².